The summed E-state index contributed by atoms with van der Waals surface area (Å²) in [6, 6.07) is 6.52. The van der Waals surface area contributed by atoms with E-state index >= 15 is 0 Å². The van der Waals surface area contributed by atoms with Crippen molar-refractivity contribution in [1.29, 1.82) is 0 Å². The predicted octanol–water partition coefficient (Wildman–Crippen LogP) is 8.28. The Bertz CT molecular complexity index is 1020. The van der Waals surface area contributed by atoms with Crippen molar-refractivity contribution in [1.82, 2.24) is 0 Å². The summed E-state index contributed by atoms with van der Waals surface area (Å²) in [6.07, 6.45) is 13.4. The molecule has 1 unspecified atom stereocenters. The van der Waals surface area contributed by atoms with Crippen molar-refractivity contribution in [3.8, 4) is 0 Å². The van der Waals surface area contributed by atoms with E-state index < -0.39 is 10.1 Å². The lowest BCUT2D eigenvalue weighted by Crippen LogP contribution is -2.15. The van der Waals surface area contributed by atoms with Gasteiger partial charge in [-0.1, -0.05) is 110 Å². The maximum Gasteiger partial charge on any atom is 0.297 e. The molecule has 11 heteroatoms. The molecule has 0 aromatic heterocycles. The topological polar surface area (TPSA) is 108 Å². The summed E-state index contributed by atoms with van der Waals surface area (Å²) in [7, 11) is -3.77. The number of hydrogen-bond donors (Lipinski definition) is 0. The largest absolute Gasteiger partial charge is 0.379 e. The van der Waals surface area contributed by atoms with Crippen molar-refractivity contribution in [2.24, 2.45) is 23.7 Å². The van der Waals surface area contributed by atoms with Crippen LogP contribution in [0.15, 0.2) is 29.2 Å². The average molecular weight is 761 g/mol. The van der Waals surface area contributed by atoms with E-state index in [1.165, 1.54) is 69.9 Å². The maximum atomic E-state index is 12.1. The molecule has 0 fully saturated rings. The minimum absolute atomic E-state index is 0.0498. The van der Waals surface area contributed by atoms with Crippen molar-refractivity contribution in [2.45, 2.75) is 111 Å². The molecule has 0 radical (unpaired) electrons. The van der Waals surface area contributed by atoms with E-state index in [2.05, 4.69) is 34.6 Å². The smallest absolute Gasteiger partial charge is 0.297 e. The highest BCUT2D eigenvalue weighted by Crippen LogP contribution is 2.22. The van der Waals surface area contributed by atoms with Crippen LogP contribution in [0.5, 0.6) is 0 Å². The van der Waals surface area contributed by atoms with Gasteiger partial charge in [0, 0.05) is 6.61 Å². The first-order valence-electron chi connectivity index (χ1n) is 20.1. The molecule has 10 nitrogen and oxygen atoms in total. The van der Waals surface area contributed by atoms with Crippen LogP contribution in [-0.2, 0) is 47.5 Å². The third kappa shape index (κ3) is 30.2. The van der Waals surface area contributed by atoms with Gasteiger partial charge in [-0.2, -0.15) is 8.42 Å². The SMILES string of the molecule is Cc1ccc(S(=O)(=O)OCCOCCOCCOCCOCCOCCOCCOCCC(C)CCC[C@H](C)CCC[C@H](C)CCCC(C)C)cc1. The van der Waals surface area contributed by atoms with Crippen LogP contribution in [0.3, 0.4) is 0 Å². The molecule has 0 spiro atoms. The van der Waals surface area contributed by atoms with Crippen LogP contribution in [0.4, 0.5) is 0 Å². The molecule has 0 saturated carbocycles. The number of benzene rings is 1. The van der Waals surface area contributed by atoms with E-state index in [1.54, 1.807) is 12.1 Å². The van der Waals surface area contributed by atoms with Gasteiger partial charge in [0.2, 0.25) is 0 Å². The molecule has 0 heterocycles. The maximum absolute atomic E-state index is 12.1. The first-order chi connectivity index (χ1) is 25.1. The minimum Gasteiger partial charge on any atom is -0.379 e. The van der Waals surface area contributed by atoms with E-state index in [9.17, 15) is 8.42 Å². The summed E-state index contributed by atoms with van der Waals surface area (Å²) >= 11 is 0. The van der Waals surface area contributed by atoms with Crippen molar-refractivity contribution in [3.63, 3.8) is 0 Å². The lowest BCUT2D eigenvalue weighted by molar-refractivity contribution is -0.0214. The van der Waals surface area contributed by atoms with Crippen LogP contribution < -0.4 is 0 Å². The molecule has 0 amide bonds. The van der Waals surface area contributed by atoms with E-state index in [0.29, 0.717) is 85.2 Å². The molecule has 0 aliphatic heterocycles. The van der Waals surface area contributed by atoms with Crippen LogP contribution in [-0.4, -0.2) is 108 Å². The van der Waals surface area contributed by atoms with Gasteiger partial charge < -0.3 is 33.2 Å². The normalized spacial score (nSPS) is 13.9. The molecule has 0 aliphatic carbocycles. The zero-order valence-electron chi connectivity index (χ0n) is 33.8. The summed E-state index contributed by atoms with van der Waals surface area (Å²) < 4.78 is 67.9. The molecule has 52 heavy (non-hydrogen) atoms. The summed E-state index contributed by atoms with van der Waals surface area (Å²) in [5.41, 5.74) is 0.982. The van der Waals surface area contributed by atoms with Gasteiger partial charge in [0.05, 0.1) is 97.4 Å². The molecule has 0 N–H and O–H groups in total. The Morgan fingerprint density at radius 2 is 0.731 bits per heavy atom. The molecule has 306 valence electrons. The Labute approximate surface area is 318 Å². The summed E-state index contributed by atoms with van der Waals surface area (Å²) in [4.78, 5) is 0.136. The average Bonchev–Trinajstić information content (AvgIpc) is 3.10. The van der Waals surface area contributed by atoms with Gasteiger partial charge in [0.1, 0.15) is 0 Å². The fourth-order valence-corrected chi connectivity index (χ4v) is 6.51. The van der Waals surface area contributed by atoms with Gasteiger partial charge in [-0.25, -0.2) is 0 Å². The number of rotatable bonds is 38. The first kappa shape index (κ1) is 48.9. The Hall–Kier alpha value is -1.15. The van der Waals surface area contributed by atoms with Crippen molar-refractivity contribution in [3.05, 3.63) is 29.8 Å². The fraction of sp³-hybridized carbons (Fsp3) is 0.854. The van der Waals surface area contributed by atoms with Gasteiger partial charge in [-0.3, -0.25) is 4.18 Å². The van der Waals surface area contributed by atoms with Crippen LogP contribution >= 0.6 is 0 Å². The molecule has 1 aromatic rings. The van der Waals surface area contributed by atoms with Gasteiger partial charge >= 0.3 is 0 Å². The van der Waals surface area contributed by atoms with Crippen LogP contribution in [0.1, 0.15) is 104 Å². The Kier molecular flexibility index (Phi) is 31.2. The number of hydrogen-bond acceptors (Lipinski definition) is 10. The predicted molar refractivity (Wildman–Crippen MR) is 209 cm³/mol. The van der Waals surface area contributed by atoms with Gasteiger partial charge in [0.15, 0.2) is 0 Å². The highest BCUT2D eigenvalue weighted by molar-refractivity contribution is 7.86. The standard InChI is InChI=1S/C41H76O10S/c1-36(2)10-7-11-37(3)12-8-13-38(4)14-9-15-39(5)20-21-44-22-23-45-24-25-46-26-27-47-28-29-48-30-31-49-32-33-50-34-35-51-52(42,43)41-18-16-40(6)17-19-41/h16-19,36-39H,7-15,20-35H2,1-6H3/t37-,38-,39?/m1/s1. The highest BCUT2D eigenvalue weighted by Gasteiger charge is 2.14. The summed E-state index contributed by atoms with van der Waals surface area (Å²) in [5.74, 6) is 3.28. The van der Waals surface area contributed by atoms with E-state index in [0.717, 1.165) is 36.3 Å². The molecule has 3 atom stereocenters. The molecule has 0 bridgehead atoms. The highest BCUT2D eigenvalue weighted by atomic mass is 32.2. The molecule has 1 rings (SSSR count). The van der Waals surface area contributed by atoms with Crippen LogP contribution in [0.25, 0.3) is 0 Å². The third-order valence-electron chi connectivity index (χ3n) is 9.03. The number of aryl methyl sites for hydroxylation is 1. The summed E-state index contributed by atoms with van der Waals surface area (Å²) in [6.45, 7) is 20.6. The molecular formula is C41H76O10S. The third-order valence-corrected chi connectivity index (χ3v) is 10.4. The van der Waals surface area contributed by atoms with Crippen LogP contribution in [0.2, 0.25) is 0 Å². The van der Waals surface area contributed by atoms with Gasteiger partial charge in [-0.05, 0) is 49.1 Å². The fourth-order valence-electron chi connectivity index (χ4n) is 5.62. The van der Waals surface area contributed by atoms with Crippen molar-refractivity contribution < 1.29 is 45.8 Å². The molecule has 1 aromatic carbocycles. The second-order valence-electron chi connectivity index (χ2n) is 14.7. The minimum atomic E-state index is -3.77. The second-order valence-corrected chi connectivity index (χ2v) is 16.3. The van der Waals surface area contributed by atoms with Crippen molar-refractivity contribution >= 4 is 10.1 Å². The quantitative estimate of drug-likeness (QED) is 0.0483. The Morgan fingerprint density at radius 3 is 1.10 bits per heavy atom. The lowest BCUT2D eigenvalue weighted by Gasteiger charge is -2.16. The molecule has 0 aliphatic rings. The zero-order valence-corrected chi connectivity index (χ0v) is 34.6. The molecular weight excluding hydrogens is 685 g/mol. The number of ether oxygens (including phenoxy) is 7. The zero-order chi connectivity index (χ0) is 38.1. The lowest BCUT2D eigenvalue weighted by atomic mass is 9.91. The molecule has 0 saturated heterocycles. The monoisotopic (exact) mass is 761 g/mol. The summed E-state index contributed by atoms with van der Waals surface area (Å²) in [5, 5.41) is 0. The first-order valence-corrected chi connectivity index (χ1v) is 21.5. The Balaban J connectivity index is 1.75. The van der Waals surface area contributed by atoms with Crippen LogP contribution in [0, 0.1) is 30.6 Å². The van der Waals surface area contributed by atoms with E-state index in [-0.39, 0.29) is 18.1 Å². The Morgan fingerprint density at radius 1 is 0.423 bits per heavy atom. The van der Waals surface area contributed by atoms with E-state index in [1.807, 2.05) is 6.92 Å². The second kappa shape index (κ2) is 33.2. The van der Waals surface area contributed by atoms with E-state index in [4.69, 9.17) is 37.3 Å². The van der Waals surface area contributed by atoms with Gasteiger partial charge in [0.25, 0.3) is 10.1 Å². The van der Waals surface area contributed by atoms with Gasteiger partial charge in [-0.15, -0.1) is 0 Å². The van der Waals surface area contributed by atoms with Crippen molar-refractivity contribution in [2.75, 3.05) is 99.1 Å².